The molecule has 2 rings (SSSR count). The van der Waals surface area contributed by atoms with Crippen LogP contribution in [-0.4, -0.2) is 26.1 Å². The smallest absolute Gasteiger partial charge is 0.160 e. The molecule has 3 nitrogen and oxygen atoms in total. The van der Waals surface area contributed by atoms with Gasteiger partial charge in [0.15, 0.2) is 6.29 Å². The molecule has 1 aromatic rings. The molecule has 0 saturated carbocycles. The normalized spacial score (nSPS) is 28.5. The standard InChI is InChI=1S/C14H20O3/c1-11-8-13(17-14(11)15-2)10-16-9-12-6-4-3-5-7-12/h3-7,11,13-14H,8-10H2,1-2H3. The number of hydrogen-bond donors (Lipinski definition) is 0. The molecule has 0 amide bonds. The van der Waals surface area contributed by atoms with Crippen LogP contribution in [0.2, 0.25) is 0 Å². The lowest BCUT2D eigenvalue weighted by Gasteiger charge is -2.13. The largest absolute Gasteiger partial charge is 0.374 e. The van der Waals surface area contributed by atoms with Gasteiger partial charge >= 0.3 is 0 Å². The van der Waals surface area contributed by atoms with Crippen molar-refractivity contribution in [2.24, 2.45) is 5.92 Å². The van der Waals surface area contributed by atoms with Gasteiger partial charge in [-0.05, 0) is 12.0 Å². The van der Waals surface area contributed by atoms with Crippen molar-refractivity contribution in [3.8, 4) is 0 Å². The summed E-state index contributed by atoms with van der Waals surface area (Å²) in [7, 11) is 1.69. The van der Waals surface area contributed by atoms with E-state index in [1.165, 1.54) is 5.56 Å². The number of ether oxygens (including phenoxy) is 3. The molecule has 1 aliphatic rings. The first-order valence-electron chi connectivity index (χ1n) is 6.09. The third-order valence-electron chi connectivity index (χ3n) is 3.07. The van der Waals surface area contributed by atoms with Crippen LogP contribution in [-0.2, 0) is 20.8 Å². The van der Waals surface area contributed by atoms with Crippen molar-refractivity contribution < 1.29 is 14.2 Å². The molecule has 1 saturated heterocycles. The maximum Gasteiger partial charge on any atom is 0.160 e. The van der Waals surface area contributed by atoms with E-state index in [-0.39, 0.29) is 12.4 Å². The third-order valence-corrected chi connectivity index (χ3v) is 3.07. The summed E-state index contributed by atoms with van der Waals surface area (Å²) < 4.78 is 16.6. The van der Waals surface area contributed by atoms with Crippen LogP contribution in [0.5, 0.6) is 0 Å². The van der Waals surface area contributed by atoms with E-state index in [4.69, 9.17) is 14.2 Å². The molecule has 0 aliphatic carbocycles. The van der Waals surface area contributed by atoms with Crippen LogP contribution >= 0.6 is 0 Å². The Labute approximate surface area is 103 Å². The number of hydrogen-bond acceptors (Lipinski definition) is 3. The fraction of sp³-hybridized carbons (Fsp3) is 0.571. The Hall–Kier alpha value is -0.900. The number of methoxy groups -OCH3 is 1. The zero-order valence-corrected chi connectivity index (χ0v) is 10.5. The summed E-state index contributed by atoms with van der Waals surface area (Å²) in [6, 6.07) is 10.2. The average Bonchev–Trinajstić information content (AvgIpc) is 2.71. The van der Waals surface area contributed by atoms with Gasteiger partial charge in [-0.25, -0.2) is 0 Å². The Kier molecular flexibility index (Phi) is 4.54. The summed E-state index contributed by atoms with van der Waals surface area (Å²) in [6.07, 6.45) is 1.10. The Balaban J connectivity index is 1.70. The summed E-state index contributed by atoms with van der Waals surface area (Å²) in [6.45, 7) is 3.43. The van der Waals surface area contributed by atoms with E-state index < -0.39 is 0 Å². The molecule has 3 unspecified atom stereocenters. The molecule has 1 heterocycles. The second kappa shape index (κ2) is 6.15. The molecule has 1 aromatic carbocycles. The lowest BCUT2D eigenvalue weighted by atomic mass is 10.1. The maximum atomic E-state index is 5.71. The maximum absolute atomic E-state index is 5.71. The average molecular weight is 236 g/mol. The SMILES string of the molecule is COC1OC(COCc2ccccc2)CC1C. The molecule has 1 aliphatic heterocycles. The van der Waals surface area contributed by atoms with Gasteiger partial charge in [0, 0.05) is 13.0 Å². The minimum atomic E-state index is -0.0691. The Morgan fingerprint density at radius 2 is 2.06 bits per heavy atom. The van der Waals surface area contributed by atoms with Gasteiger partial charge in [-0.3, -0.25) is 0 Å². The summed E-state index contributed by atoms with van der Waals surface area (Å²) >= 11 is 0. The molecule has 3 atom stereocenters. The van der Waals surface area contributed by atoms with Gasteiger partial charge in [0.25, 0.3) is 0 Å². The van der Waals surface area contributed by atoms with Crippen LogP contribution in [0.25, 0.3) is 0 Å². The van der Waals surface area contributed by atoms with Crippen LogP contribution in [0.3, 0.4) is 0 Å². The lowest BCUT2D eigenvalue weighted by Crippen LogP contribution is -2.18. The molecule has 0 aromatic heterocycles. The molecule has 0 bridgehead atoms. The van der Waals surface area contributed by atoms with Crippen LogP contribution in [0.4, 0.5) is 0 Å². The van der Waals surface area contributed by atoms with Crippen molar-refractivity contribution in [2.75, 3.05) is 13.7 Å². The third kappa shape index (κ3) is 3.53. The van der Waals surface area contributed by atoms with E-state index in [9.17, 15) is 0 Å². The topological polar surface area (TPSA) is 27.7 Å². The zero-order valence-electron chi connectivity index (χ0n) is 10.5. The molecular formula is C14H20O3. The molecule has 0 radical (unpaired) electrons. The minimum Gasteiger partial charge on any atom is -0.374 e. The van der Waals surface area contributed by atoms with E-state index in [1.807, 2.05) is 18.2 Å². The van der Waals surface area contributed by atoms with Gasteiger partial charge < -0.3 is 14.2 Å². The highest BCUT2D eigenvalue weighted by Gasteiger charge is 2.31. The van der Waals surface area contributed by atoms with E-state index in [1.54, 1.807) is 7.11 Å². The van der Waals surface area contributed by atoms with Crippen molar-refractivity contribution in [3.05, 3.63) is 35.9 Å². The van der Waals surface area contributed by atoms with Gasteiger partial charge in [-0.15, -0.1) is 0 Å². The van der Waals surface area contributed by atoms with Crippen LogP contribution < -0.4 is 0 Å². The molecule has 3 heteroatoms. The van der Waals surface area contributed by atoms with Crippen molar-refractivity contribution >= 4 is 0 Å². The highest BCUT2D eigenvalue weighted by molar-refractivity contribution is 5.13. The van der Waals surface area contributed by atoms with Crippen molar-refractivity contribution in [1.82, 2.24) is 0 Å². The van der Waals surface area contributed by atoms with E-state index in [0.29, 0.717) is 19.1 Å². The first kappa shape index (κ1) is 12.6. The number of rotatable bonds is 5. The van der Waals surface area contributed by atoms with E-state index in [0.717, 1.165) is 6.42 Å². The first-order chi connectivity index (χ1) is 8.29. The molecule has 0 N–H and O–H groups in total. The summed E-state index contributed by atoms with van der Waals surface area (Å²) in [5, 5.41) is 0. The first-order valence-corrected chi connectivity index (χ1v) is 6.09. The highest BCUT2D eigenvalue weighted by Crippen LogP contribution is 2.26. The van der Waals surface area contributed by atoms with Gasteiger partial charge in [-0.1, -0.05) is 37.3 Å². The summed E-state index contributed by atoms with van der Waals surface area (Å²) in [5.41, 5.74) is 1.20. The second-order valence-electron chi connectivity index (χ2n) is 4.58. The van der Waals surface area contributed by atoms with Gasteiger partial charge in [0.05, 0.1) is 19.3 Å². The van der Waals surface area contributed by atoms with Crippen LogP contribution in [0.15, 0.2) is 30.3 Å². The Bertz CT molecular complexity index is 325. The predicted octanol–water partition coefficient (Wildman–Crippen LogP) is 2.60. The van der Waals surface area contributed by atoms with Gasteiger partial charge in [-0.2, -0.15) is 0 Å². The molecule has 94 valence electrons. The fourth-order valence-corrected chi connectivity index (χ4v) is 2.18. The highest BCUT2D eigenvalue weighted by atomic mass is 16.7. The predicted molar refractivity (Wildman–Crippen MR) is 65.5 cm³/mol. The zero-order chi connectivity index (χ0) is 12.1. The van der Waals surface area contributed by atoms with Crippen molar-refractivity contribution in [3.63, 3.8) is 0 Å². The Morgan fingerprint density at radius 3 is 2.71 bits per heavy atom. The Morgan fingerprint density at radius 1 is 1.29 bits per heavy atom. The molecule has 17 heavy (non-hydrogen) atoms. The van der Waals surface area contributed by atoms with Crippen LogP contribution in [0, 0.1) is 5.92 Å². The monoisotopic (exact) mass is 236 g/mol. The van der Waals surface area contributed by atoms with E-state index in [2.05, 4.69) is 19.1 Å². The van der Waals surface area contributed by atoms with Gasteiger partial charge in [0.1, 0.15) is 0 Å². The van der Waals surface area contributed by atoms with Crippen molar-refractivity contribution in [1.29, 1.82) is 0 Å². The second-order valence-corrected chi connectivity index (χ2v) is 4.58. The van der Waals surface area contributed by atoms with Crippen LogP contribution in [0.1, 0.15) is 18.9 Å². The summed E-state index contributed by atoms with van der Waals surface area (Å²) in [5.74, 6) is 0.449. The molecule has 1 fully saturated rings. The van der Waals surface area contributed by atoms with Crippen molar-refractivity contribution in [2.45, 2.75) is 32.3 Å². The molecule has 0 spiro atoms. The number of benzene rings is 1. The quantitative estimate of drug-likeness (QED) is 0.786. The van der Waals surface area contributed by atoms with E-state index >= 15 is 0 Å². The lowest BCUT2D eigenvalue weighted by molar-refractivity contribution is -0.141. The minimum absolute atomic E-state index is 0.0691. The fourth-order valence-electron chi connectivity index (χ4n) is 2.18. The summed E-state index contributed by atoms with van der Waals surface area (Å²) in [4.78, 5) is 0. The van der Waals surface area contributed by atoms with Gasteiger partial charge in [0.2, 0.25) is 0 Å². The molecular weight excluding hydrogens is 216 g/mol.